The molecule has 0 aromatic heterocycles. The van der Waals surface area contributed by atoms with Gasteiger partial charge in [-0.1, -0.05) is 19.8 Å². The van der Waals surface area contributed by atoms with Crippen molar-refractivity contribution < 1.29 is 4.79 Å². The Kier molecular flexibility index (Phi) is 2.87. The normalized spacial score (nSPS) is 22.7. The Bertz CT molecular complexity index is 118. The van der Waals surface area contributed by atoms with Gasteiger partial charge in [-0.2, -0.15) is 0 Å². The first-order valence-corrected chi connectivity index (χ1v) is 4.10. The average Bonchev–Trinajstić information content (AvgIpc) is 2.69. The molecule has 0 radical (unpaired) electrons. The van der Waals surface area contributed by atoms with E-state index in [0.29, 0.717) is 5.78 Å². The zero-order chi connectivity index (χ0) is 7.40. The second-order valence-electron chi connectivity index (χ2n) is 2.88. The molecule has 1 N–H and O–H groups in total. The molecule has 0 bridgehead atoms. The zero-order valence-electron chi connectivity index (χ0n) is 6.52. The van der Waals surface area contributed by atoms with Gasteiger partial charge in [-0.15, -0.1) is 0 Å². The largest absolute Gasteiger partial charge is 0.304 e. The van der Waals surface area contributed by atoms with E-state index in [1.54, 1.807) is 0 Å². The summed E-state index contributed by atoms with van der Waals surface area (Å²) in [5.41, 5.74) is 0. The third kappa shape index (κ3) is 2.48. The summed E-state index contributed by atoms with van der Waals surface area (Å²) in [5, 5.41) is 3.01. The lowest BCUT2D eigenvalue weighted by molar-refractivity contribution is -0.118. The fraction of sp³-hybridized carbons (Fsp3) is 0.875. The number of rotatable bonds is 5. The molecule has 1 fully saturated rings. The van der Waals surface area contributed by atoms with Gasteiger partial charge >= 0.3 is 0 Å². The van der Waals surface area contributed by atoms with Gasteiger partial charge < -0.3 is 5.32 Å². The lowest BCUT2D eigenvalue weighted by Gasteiger charge is -1.94. The monoisotopic (exact) mass is 141 g/mol. The van der Waals surface area contributed by atoms with Crippen LogP contribution < -0.4 is 5.32 Å². The molecule has 1 unspecified atom stereocenters. The number of hydrogen-bond donors (Lipinski definition) is 1. The van der Waals surface area contributed by atoms with E-state index in [1.165, 1.54) is 12.8 Å². The highest BCUT2D eigenvalue weighted by Crippen LogP contribution is 2.06. The molecule has 2 nitrogen and oxygen atoms in total. The predicted octanol–water partition coefficient (Wildman–Crippen LogP) is 1.11. The van der Waals surface area contributed by atoms with Crippen molar-refractivity contribution in [3.63, 3.8) is 0 Å². The maximum absolute atomic E-state index is 11.0. The van der Waals surface area contributed by atoms with Crippen LogP contribution in [0, 0.1) is 0 Å². The summed E-state index contributed by atoms with van der Waals surface area (Å²) in [6.07, 6.45) is 4.25. The van der Waals surface area contributed by atoms with Crippen molar-refractivity contribution in [2.45, 2.75) is 38.6 Å². The van der Waals surface area contributed by atoms with Crippen LogP contribution in [0.1, 0.15) is 32.6 Å². The summed E-state index contributed by atoms with van der Waals surface area (Å²) in [4.78, 5) is 11.0. The van der Waals surface area contributed by atoms with Crippen LogP contribution in [0.25, 0.3) is 0 Å². The second-order valence-corrected chi connectivity index (χ2v) is 2.88. The fourth-order valence-corrected chi connectivity index (χ4v) is 1.01. The quantitative estimate of drug-likeness (QED) is 0.460. The molecule has 0 amide bonds. The molecule has 58 valence electrons. The van der Waals surface area contributed by atoms with Gasteiger partial charge in [0.05, 0.1) is 6.04 Å². The molecule has 0 aromatic carbocycles. The molecule has 0 saturated carbocycles. The maximum atomic E-state index is 11.0. The number of ketones is 1. The van der Waals surface area contributed by atoms with Crippen LogP contribution in [0.2, 0.25) is 0 Å². The minimum Gasteiger partial charge on any atom is -0.304 e. The van der Waals surface area contributed by atoms with Crippen LogP contribution >= 0.6 is 0 Å². The van der Waals surface area contributed by atoms with Gasteiger partial charge in [0.2, 0.25) is 0 Å². The molecule has 1 rings (SSSR count). The van der Waals surface area contributed by atoms with Gasteiger partial charge in [-0.25, -0.2) is 0 Å². The summed E-state index contributed by atoms with van der Waals surface area (Å²) < 4.78 is 0. The minimum absolute atomic E-state index is 0.233. The average molecular weight is 141 g/mol. The number of hydrogen-bond acceptors (Lipinski definition) is 2. The Hall–Kier alpha value is -0.370. The summed E-state index contributed by atoms with van der Waals surface area (Å²) in [6.45, 7) is 3.07. The highest BCUT2D eigenvalue weighted by Gasteiger charge is 2.27. The fourth-order valence-electron chi connectivity index (χ4n) is 1.01. The number of nitrogens with one attached hydrogen (secondary N) is 1. The third-order valence-electron chi connectivity index (χ3n) is 1.82. The van der Waals surface area contributed by atoms with Crippen molar-refractivity contribution >= 4 is 5.78 Å². The Labute approximate surface area is 62.0 Å². The summed E-state index contributed by atoms with van der Waals surface area (Å²) in [6, 6.07) is 0.233. The maximum Gasteiger partial charge on any atom is 0.151 e. The van der Waals surface area contributed by atoms with Crippen LogP contribution in [-0.4, -0.2) is 18.4 Å². The smallest absolute Gasteiger partial charge is 0.151 e. The van der Waals surface area contributed by atoms with Crippen molar-refractivity contribution in [3.8, 4) is 0 Å². The highest BCUT2D eigenvalue weighted by molar-refractivity contribution is 5.86. The molecule has 2 heteroatoms. The summed E-state index contributed by atoms with van der Waals surface area (Å²) >= 11 is 0. The van der Waals surface area contributed by atoms with E-state index < -0.39 is 0 Å². The van der Waals surface area contributed by atoms with Gasteiger partial charge in [0.25, 0.3) is 0 Å². The first kappa shape index (κ1) is 7.73. The van der Waals surface area contributed by atoms with E-state index in [2.05, 4.69) is 12.2 Å². The van der Waals surface area contributed by atoms with Crippen LogP contribution in [0.15, 0.2) is 0 Å². The molecule has 0 aromatic rings. The number of Topliss-reactive ketones (excluding diaryl/α,β-unsaturated/α-hetero) is 1. The zero-order valence-corrected chi connectivity index (χ0v) is 6.52. The van der Waals surface area contributed by atoms with Crippen molar-refractivity contribution in [1.29, 1.82) is 0 Å². The molecule has 1 aliphatic rings. The van der Waals surface area contributed by atoms with E-state index in [0.717, 1.165) is 19.4 Å². The molecule has 10 heavy (non-hydrogen) atoms. The van der Waals surface area contributed by atoms with E-state index in [4.69, 9.17) is 0 Å². The topological polar surface area (TPSA) is 39.0 Å². The van der Waals surface area contributed by atoms with E-state index in [9.17, 15) is 4.79 Å². The highest BCUT2D eigenvalue weighted by atomic mass is 16.1. The third-order valence-corrected chi connectivity index (χ3v) is 1.82. The van der Waals surface area contributed by atoms with Crippen molar-refractivity contribution in [3.05, 3.63) is 0 Å². The van der Waals surface area contributed by atoms with Crippen LogP contribution in [0.4, 0.5) is 0 Å². The molecular formula is C8H15NO. The van der Waals surface area contributed by atoms with E-state index in [-0.39, 0.29) is 6.04 Å². The Morgan fingerprint density at radius 2 is 2.30 bits per heavy atom. The Morgan fingerprint density at radius 1 is 1.60 bits per heavy atom. The van der Waals surface area contributed by atoms with Crippen LogP contribution in [-0.2, 0) is 4.79 Å². The molecular weight excluding hydrogens is 126 g/mol. The molecule has 0 spiro atoms. The molecule has 1 atom stereocenters. The number of carbonyl (C=O) groups excluding carboxylic acids is 1. The van der Waals surface area contributed by atoms with Crippen molar-refractivity contribution in [2.24, 2.45) is 0 Å². The lowest BCUT2D eigenvalue weighted by atomic mass is 10.1. The SMILES string of the molecule is CCCCCC(=O)C1CN1. The first-order valence-electron chi connectivity index (χ1n) is 4.10. The first-order chi connectivity index (χ1) is 4.84. The van der Waals surface area contributed by atoms with Crippen LogP contribution in [0.3, 0.4) is 0 Å². The Morgan fingerprint density at radius 3 is 2.80 bits per heavy atom. The summed E-state index contributed by atoms with van der Waals surface area (Å²) in [7, 11) is 0. The minimum atomic E-state index is 0.233. The molecule has 0 aliphatic carbocycles. The molecule has 1 aliphatic heterocycles. The van der Waals surface area contributed by atoms with Gasteiger partial charge in [0.1, 0.15) is 0 Å². The Balaban J connectivity index is 1.95. The van der Waals surface area contributed by atoms with Crippen molar-refractivity contribution in [1.82, 2.24) is 5.32 Å². The van der Waals surface area contributed by atoms with Gasteiger partial charge in [0, 0.05) is 13.0 Å². The van der Waals surface area contributed by atoms with E-state index in [1.807, 2.05) is 0 Å². The van der Waals surface area contributed by atoms with Gasteiger partial charge in [0.15, 0.2) is 5.78 Å². The van der Waals surface area contributed by atoms with E-state index >= 15 is 0 Å². The number of unbranched alkanes of at least 4 members (excludes halogenated alkanes) is 2. The molecule has 1 saturated heterocycles. The van der Waals surface area contributed by atoms with Gasteiger partial charge in [-0.3, -0.25) is 4.79 Å². The predicted molar refractivity (Wildman–Crippen MR) is 40.9 cm³/mol. The number of carbonyl (C=O) groups is 1. The summed E-state index contributed by atoms with van der Waals surface area (Å²) in [5.74, 6) is 0.411. The standard InChI is InChI=1S/C8H15NO/c1-2-3-4-5-8(10)7-6-9-7/h7,9H,2-6H2,1H3. The van der Waals surface area contributed by atoms with Crippen molar-refractivity contribution in [2.75, 3.05) is 6.54 Å². The second kappa shape index (κ2) is 3.71. The lowest BCUT2D eigenvalue weighted by Crippen LogP contribution is -2.08. The van der Waals surface area contributed by atoms with Crippen LogP contribution in [0.5, 0.6) is 0 Å². The molecule has 1 heterocycles. The van der Waals surface area contributed by atoms with Gasteiger partial charge in [-0.05, 0) is 6.42 Å².